The zero-order valence-electron chi connectivity index (χ0n) is 15.5. The Morgan fingerprint density at radius 2 is 1.88 bits per heavy atom. The van der Waals surface area contributed by atoms with Crippen molar-refractivity contribution in [2.24, 2.45) is 5.41 Å². The fraction of sp³-hybridized carbons (Fsp3) is 0.600. The maximum Gasteiger partial charge on any atom is 0.238 e. The molecule has 0 unspecified atom stereocenters. The van der Waals surface area contributed by atoms with Gasteiger partial charge in [-0.25, -0.2) is 0 Å². The molecular weight excluding hydrogens is 350 g/mol. The maximum absolute atomic E-state index is 12.9. The van der Waals surface area contributed by atoms with Crippen molar-refractivity contribution in [3.63, 3.8) is 0 Å². The van der Waals surface area contributed by atoms with E-state index in [4.69, 9.17) is 11.6 Å². The number of benzene rings is 1. The first-order chi connectivity index (χ1) is 12.6. The molecule has 1 aromatic rings. The molecule has 1 aromatic carbocycles. The van der Waals surface area contributed by atoms with Gasteiger partial charge in [-0.2, -0.15) is 0 Å². The van der Waals surface area contributed by atoms with E-state index in [2.05, 4.69) is 17.1 Å². The van der Waals surface area contributed by atoms with Gasteiger partial charge in [0.2, 0.25) is 11.8 Å². The molecule has 0 aromatic heterocycles. The van der Waals surface area contributed by atoms with Crippen molar-refractivity contribution in [2.45, 2.75) is 39.0 Å². The smallest absolute Gasteiger partial charge is 0.238 e. The van der Waals surface area contributed by atoms with Crippen LogP contribution in [0, 0.1) is 5.41 Å². The summed E-state index contributed by atoms with van der Waals surface area (Å²) in [6.45, 7) is 5.63. The molecule has 1 aliphatic carbocycles. The SMILES string of the molecule is CCCCCNC(=O)C1(C(=O)N2CCN(c3cccc(Cl)c3)CC2)CC1. The van der Waals surface area contributed by atoms with Crippen LogP contribution in [0.3, 0.4) is 0 Å². The lowest BCUT2D eigenvalue weighted by molar-refractivity contribution is -0.144. The van der Waals surface area contributed by atoms with Crippen LogP contribution in [0.5, 0.6) is 0 Å². The number of halogens is 1. The number of nitrogens with zero attached hydrogens (tertiary/aromatic N) is 2. The van der Waals surface area contributed by atoms with Gasteiger partial charge in [-0.15, -0.1) is 0 Å². The summed E-state index contributed by atoms with van der Waals surface area (Å²) < 4.78 is 0. The van der Waals surface area contributed by atoms with Crippen LogP contribution in [0.1, 0.15) is 39.0 Å². The van der Waals surface area contributed by atoms with Crippen LogP contribution in [0.4, 0.5) is 5.69 Å². The first-order valence-electron chi connectivity index (χ1n) is 9.65. The van der Waals surface area contributed by atoms with Crippen molar-refractivity contribution in [2.75, 3.05) is 37.6 Å². The van der Waals surface area contributed by atoms with E-state index in [1.165, 1.54) is 0 Å². The monoisotopic (exact) mass is 377 g/mol. The van der Waals surface area contributed by atoms with Crippen LogP contribution in [0.2, 0.25) is 5.02 Å². The van der Waals surface area contributed by atoms with Crippen LogP contribution in [-0.2, 0) is 9.59 Å². The predicted octanol–water partition coefficient (Wildman–Crippen LogP) is 3.08. The Kier molecular flexibility index (Phi) is 6.07. The molecule has 26 heavy (non-hydrogen) atoms. The van der Waals surface area contributed by atoms with E-state index in [1.807, 2.05) is 29.2 Å². The van der Waals surface area contributed by atoms with Gasteiger partial charge in [0.05, 0.1) is 0 Å². The number of amides is 2. The summed E-state index contributed by atoms with van der Waals surface area (Å²) in [6.07, 6.45) is 4.56. The Morgan fingerprint density at radius 3 is 2.50 bits per heavy atom. The van der Waals surface area contributed by atoms with Gasteiger partial charge in [-0.3, -0.25) is 9.59 Å². The van der Waals surface area contributed by atoms with Gasteiger partial charge in [-0.1, -0.05) is 37.4 Å². The minimum Gasteiger partial charge on any atom is -0.368 e. The molecule has 1 N–H and O–H groups in total. The van der Waals surface area contributed by atoms with E-state index in [0.717, 1.165) is 43.1 Å². The molecule has 2 aliphatic rings. The standard InChI is InChI=1S/C20H28ClN3O2/c1-2-3-4-10-22-18(25)20(8-9-20)19(26)24-13-11-23(12-14-24)17-7-5-6-16(21)15-17/h5-7,15H,2-4,8-14H2,1H3,(H,22,25). The number of unbranched alkanes of at least 4 members (excludes halogenated alkanes) is 2. The number of piperazine rings is 1. The summed E-state index contributed by atoms with van der Waals surface area (Å²) in [5, 5.41) is 3.69. The second-order valence-electron chi connectivity index (χ2n) is 7.30. The van der Waals surface area contributed by atoms with Gasteiger partial charge in [0, 0.05) is 43.4 Å². The summed E-state index contributed by atoms with van der Waals surface area (Å²) in [5.74, 6) is -0.0629. The first-order valence-corrected chi connectivity index (χ1v) is 10.0. The third kappa shape index (κ3) is 4.14. The Bertz CT molecular complexity index is 652. The van der Waals surface area contributed by atoms with Crippen LogP contribution in [0.15, 0.2) is 24.3 Å². The van der Waals surface area contributed by atoms with Gasteiger partial charge in [-0.05, 0) is 37.5 Å². The van der Waals surface area contributed by atoms with E-state index in [-0.39, 0.29) is 11.8 Å². The summed E-state index contributed by atoms with van der Waals surface area (Å²) in [5.41, 5.74) is 0.296. The highest BCUT2D eigenvalue weighted by Gasteiger charge is 2.58. The van der Waals surface area contributed by atoms with Crippen molar-refractivity contribution in [1.82, 2.24) is 10.2 Å². The molecule has 142 valence electrons. The molecular formula is C20H28ClN3O2. The molecule has 1 aliphatic heterocycles. The number of carbonyl (C=O) groups excluding carboxylic acids is 2. The van der Waals surface area contributed by atoms with E-state index >= 15 is 0 Å². The lowest BCUT2D eigenvalue weighted by atomic mass is 10.0. The fourth-order valence-electron chi connectivity index (χ4n) is 3.55. The molecule has 0 bridgehead atoms. The summed E-state index contributed by atoms with van der Waals surface area (Å²) in [4.78, 5) is 29.5. The molecule has 3 rings (SSSR count). The number of carbonyl (C=O) groups is 2. The van der Waals surface area contributed by atoms with Gasteiger partial charge in [0.1, 0.15) is 5.41 Å². The largest absolute Gasteiger partial charge is 0.368 e. The van der Waals surface area contributed by atoms with Gasteiger partial charge in [0.25, 0.3) is 0 Å². The van der Waals surface area contributed by atoms with Gasteiger partial charge < -0.3 is 15.1 Å². The second kappa shape index (κ2) is 8.30. The lowest BCUT2D eigenvalue weighted by Crippen LogP contribution is -2.53. The van der Waals surface area contributed by atoms with Crippen molar-refractivity contribution in [1.29, 1.82) is 0 Å². The van der Waals surface area contributed by atoms with E-state index < -0.39 is 5.41 Å². The zero-order chi connectivity index (χ0) is 18.6. The Hall–Kier alpha value is -1.75. The molecule has 0 atom stereocenters. The lowest BCUT2D eigenvalue weighted by Gasteiger charge is -2.37. The quantitative estimate of drug-likeness (QED) is 0.587. The van der Waals surface area contributed by atoms with Crippen molar-refractivity contribution >= 4 is 29.1 Å². The number of rotatable bonds is 7. The first kappa shape index (κ1) is 19.0. The Labute approximate surface area is 160 Å². The number of nitrogens with one attached hydrogen (secondary N) is 1. The molecule has 1 saturated heterocycles. The van der Waals surface area contributed by atoms with E-state index in [1.54, 1.807) is 0 Å². The average molecular weight is 378 g/mol. The minimum absolute atomic E-state index is 0.0104. The van der Waals surface area contributed by atoms with Crippen LogP contribution >= 0.6 is 11.6 Å². The molecule has 1 saturated carbocycles. The minimum atomic E-state index is -0.787. The summed E-state index contributed by atoms with van der Waals surface area (Å²) in [6, 6.07) is 7.79. The molecule has 2 fully saturated rings. The molecule has 0 radical (unpaired) electrons. The highest BCUT2D eigenvalue weighted by atomic mass is 35.5. The van der Waals surface area contributed by atoms with Crippen molar-refractivity contribution in [3.8, 4) is 0 Å². The third-order valence-electron chi connectivity index (χ3n) is 5.40. The molecule has 1 heterocycles. The van der Waals surface area contributed by atoms with E-state index in [9.17, 15) is 9.59 Å². The molecule has 2 amide bonds. The molecule has 5 nitrogen and oxygen atoms in total. The normalized spacial score (nSPS) is 18.5. The number of hydrogen-bond donors (Lipinski definition) is 1. The van der Waals surface area contributed by atoms with E-state index in [0.29, 0.717) is 32.5 Å². The Morgan fingerprint density at radius 1 is 1.15 bits per heavy atom. The van der Waals surface area contributed by atoms with Crippen LogP contribution < -0.4 is 10.2 Å². The van der Waals surface area contributed by atoms with Gasteiger partial charge in [0.15, 0.2) is 0 Å². The highest BCUT2D eigenvalue weighted by Crippen LogP contribution is 2.47. The molecule has 6 heteroatoms. The average Bonchev–Trinajstić information content (AvgIpc) is 3.47. The topological polar surface area (TPSA) is 52.7 Å². The number of anilines is 1. The zero-order valence-corrected chi connectivity index (χ0v) is 16.2. The predicted molar refractivity (Wildman–Crippen MR) is 104 cm³/mol. The maximum atomic E-state index is 12.9. The third-order valence-corrected chi connectivity index (χ3v) is 5.64. The second-order valence-corrected chi connectivity index (χ2v) is 7.74. The number of hydrogen-bond acceptors (Lipinski definition) is 3. The van der Waals surface area contributed by atoms with Crippen LogP contribution in [-0.4, -0.2) is 49.4 Å². The van der Waals surface area contributed by atoms with Crippen LogP contribution in [0.25, 0.3) is 0 Å². The van der Waals surface area contributed by atoms with Crippen molar-refractivity contribution < 1.29 is 9.59 Å². The molecule has 0 spiro atoms. The summed E-state index contributed by atoms with van der Waals surface area (Å²) >= 11 is 6.07. The van der Waals surface area contributed by atoms with Gasteiger partial charge >= 0.3 is 0 Å². The summed E-state index contributed by atoms with van der Waals surface area (Å²) in [7, 11) is 0. The Balaban J connectivity index is 1.52. The van der Waals surface area contributed by atoms with Crippen molar-refractivity contribution in [3.05, 3.63) is 29.3 Å². The fourth-order valence-corrected chi connectivity index (χ4v) is 3.74. The highest BCUT2D eigenvalue weighted by molar-refractivity contribution is 6.30.